The van der Waals surface area contributed by atoms with E-state index >= 15 is 0 Å². The van der Waals surface area contributed by atoms with Crippen LogP contribution in [0.2, 0.25) is 0 Å². The van der Waals surface area contributed by atoms with Crippen molar-refractivity contribution in [2.45, 2.75) is 18.1 Å². The molecule has 0 saturated carbocycles. The summed E-state index contributed by atoms with van der Waals surface area (Å²) in [6, 6.07) is 11.2. The lowest BCUT2D eigenvalue weighted by Crippen LogP contribution is -2.24. The first-order valence-corrected chi connectivity index (χ1v) is 12.7. The monoisotopic (exact) mass is 485 g/mol. The molecule has 5 rings (SSSR count). The number of ether oxygens (including phenoxy) is 2. The summed E-state index contributed by atoms with van der Waals surface area (Å²) in [5.74, 6) is 1.24. The van der Waals surface area contributed by atoms with E-state index in [9.17, 15) is 9.59 Å². The second-order valence-electron chi connectivity index (χ2n) is 7.01. The summed E-state index contributed by atoms with van der Waals surface area (Å²) in [5, 5.41) is 7.32. The summed E-state index contributed by atoms with van der Waals surface area (Å²) in [6.45, 7) is 1.53. The third kappa shape index (κ3) is 4.52. The minimum absolute atomic E-state index is 0.0590. The number of hydrogen-bond donors (Lipinski definition) is 1. The molecular weight excluding hydrogens is 466 g/mol. The summed E-state index contributed by atoms with van der Waals surface area (Å²) in [7, 11) is 0. The Hall–Kier alpha value is -2.82. The number of nitrogens with one attached hydrogen (secondary N) is 1. The quantitative estimate of drug-likeness (QED) is 0.311. The molecule has 4 aromatic rings. The van der Waals surface area contributed by atoms with Crippen LogP contribution < -0.4 is 20.3 Å². The number of carbonyl (C=O) groups excluding carboxylic acids is 1. The van der Waals surface area contributed by atoms with Gasteiger partial charge in [0.05, 0.1) is 11.3 Å². The maximum Gasteiger partial charge on any atom is 0.272 e. The number of rotatable bonds is 7. The van der Waals surface area contributed by atoms with E-state index in [2.05, 4.69) is 16.4 Å². The van der Waals surface area contributed by atoms with Crippen LogP contribution in [0.3, 0.4) is 0 Å². The molecule has 0 saturated heterocycles. The molecule has 0 atom stereocenters. The lowest BCUT2D eigenvalue weighted by molar-refractivity contribution is -0.113. The molecule has 10 heteroatoms. The number of anilines is 1. The third-order valence-corrected chi connectivity index (χ3v) is 7.66. The number of nitrogens with zero attached hydrogens (tertiary/aromatic N) is 2. The van der Waals surface area contributed by atoms with Crippen molar-refractivity contribution in [1.29, 1.82) is 0 Å². The van der Waals surface area contributed by atoms with Crippen molar-refractivity contribution in [1.82, 2.24) is 9.55 Å². The second kappa shape index (κ2) is 9.35. The lowest BCUT2D eigenvalue weighted by Gasteiger charge is -2.19. The molecule has 7 nitrogen and oxygen atoms in total. The number of benzene rings is 1. The molecule has 0 unspecified atom stereocenters. The SMILES string of the molecule is O=C(CSc1nc2ccsc2c(=O)n1CCc1cccs1)Nc1ccc2c(c1)OCCO2. The Morgan fingerprint density at radius 3 is 2.84 bits per heavy atom. The molecule has 3 aromatic heterocycles. The van der Waals surface area contributed by atoms with Crippen molar-refractivity contribution in [3.63, 3.8) is 0 Å². The highest BCUT2D eigenvalue weighted by Crippen LogP contribution is 2.32. The van der Waals surface area contributed by atoms with Crippen LogP contribution in [0.5, 0.6) is 11.5 Å². The zero-order valence-corrected chi connectivity index (χ0v) is 19.4. The van der Waals surface area contributed by atoms with Crippen LogP contribution in [-0.4, -0.2) is 34.4 Å². The number of thioether (sulfide) groups is 1. The number of carbonyl (C=O) groups is 1. The zero-order chi connectivity index (χ0) is 21.9. The lowest BCUT2D eigenvalue weighted by atomic mass is 10.2. The Labute approximate surface area is 196 Å². The van der Waals surface area contributed by atoms with Gasteiger partial charge in [-0.2, -0.15) is 0 Å². The minimum atomic E-state index is -0.184. The maximum atomic E-state index is 13.0. The number of amides is 1. The first kappa shape index (κ1) is 21.0. The largest absolute Gasteiger partial charge is 0.486 e. The first-order valence-electron chi connectivity index (χ1n) is 10.00. The van der Waals surface area contributed by atoms with E-state index in [4.69, 9.17) is 9.47 Å². The molecule has 0 radical (unpaired) electrons. The molecule has 1 aliphatic heterocycles. The van der Waals surface area contributed by atoms with E-state index in [0.717, 1.165) is 6.42 Å². The van der Waals surface area contributed by atoms with Gasteiger partial charge in [-0.05, 0) is 41.4 Å². The molecular formula is C22H19N3O4S3. The predicted octanol–water partition coefficient (Wildman–Crippen LogP) is 4.26. The number of aromatic nitrogens is 2. The number of thiophene rings is 2. The molecule has 0 spiro atoms. The highest BCUT2D eigenvalue weighted by Gasteiger charge is 2.16. The van der Waals surface area contributed by atoms with Crippen molar-refractivity contribution in [3.8, 4) is 11.5 Å². The molecule has 0 fully saturated rings. The van der Waals surface area contributed by atoms with Gasteiger partial charge in [-0.3, -0.25) is 14.2 Å². The number of aryl methyl sites for hydroxylation is 1. The minimum Gasteiger partial charge on any atom is -0.486 e. The van der Waals surface area contributed by atoms with Gasteiger partial charge in [0.25, 0.3) is 5.56 Å². The highest BCUT2D eigenvalue weighted by molar-refractivity contribution is 7.99. The van der Waals surface area contributed by atoms with Crippen LogP contribution in [0.15, 0.2) is 57.1 Å². The Bertz CT molecular complexity index is 1310. The Kier molecular flexibility index (Phi) is 6.15. The second-order valence-corrected chi connectivity index (χ2v) is 9.90. The van der Waals surface area contributed by atoms with Crippen molar-refractivity contribution >= 4 is 56.2 Å². The van der Waals surface area contributed by atoms with Crippen molar-refractivity contribution in [2.24, 2.45) is 0 Å². The fourth-order valence-electron chi connectivity index (χ4n) is 3.36. The van der Waals surface area contributed by atoms with Gasteiger partial charge in [0.15, 0.2) is 16.7 Å². The van der Waals surface area contributed by atoms with E-state index in [1.165, 1.54) is 28.0 Å². The predicted molar refractivity (Wildman–Crippen MR) is 129 cm³/mol. The molecule has 0 aliphatic carbocycles. The molecule has 164 valence electrons. The summed E-state index contributed by atoms with van der Waals surface area (Å²) in [6.07, 6.45) is 0.743. The molecule has 32 heavy (non-hydrogen) atoms. The Morgan fingerprint density at radius 2 is 2.00 bits per heavy atom. The van der Waals surface area contributed by atoms with Gasteiger partial charge in [0, 0.05) is 23.2 Å². The van der Waals surface area contributed by atoms with Gasteiger partial charge in [-0.25, -0.2) is 4.98 Å². The van der Waals surface area contributed by atoms with Crippen LogP contribution in [-0.2, 0) is 17.8 Å². The van der Waals surface area contributed by atoms with Crippen LogP contribution in [0.1, 0.15) is 4.88 Å². The highest BCUT2D eigenvalue weighted by atomic mass is 32.2. The zero-order valence-electron chi connectivity index (χ0n) is 16.9. The summed E-state index contributed by atoms with van der Waals surface area (Å²) < 4.78 is 13.4. The topological polar surface area (TPSA) is 82.5 Å². The molecule has 4 heterocycles. The first-order chi connectivity index (χ1) is 15.7. The molecule has 1 aliphatic rings. The average Bonchev–Trinajstić information content (AvgIpc) is 3.49. The molecule has 1 N–H and O–H groups in total. The van der Waals surface area contributed by atoms with E-state index < -0.39 is 0 Å². The van der Waals surface area contributed by atoms with Gasteiger partial charge >= 0.3 is 0 Å². The Balaban J connectivity index is 1.31. The van der Waals surface area contributed by atoms with E-state index in [-0.39, 0.29) is 17.2 Å². The standard InChI is InChI=1S/C22H19N3O4S3/c26-19(23-14-3-4-17-18(12-14)29-9-8-28-17)13-32-22-24-16-6-11-31-20(16)21(27)25(22)7-5-15-2-1-10-30-15/h1-4,6,10-12H,5,7-9,13H2,(H,23,26). The van der Waals surface area contributed by atoms with E-state index in [1.54, 1.807) is 34.1 Å². The van der Waals surface area contributed by atoms with Crippen LogP contribution in [0, 0.1) is 0 Å². The van der Waals surface area contributed by atoms with Crippen LogP contribution >= 0.6 is 34.4 Å². The number of fused-ring (bicyclic) bond motifs is 2. The summed E-state index contributed by atoms with van der Waals surface area (Å²) in [4.78, 5) is 31.5. The average molecular weight is 486 g/mol. The van der Waals surface area contributed by atoms with Gasteiger partial charge in [0.2, 0.25) is 5.91 Å². The fraction of sp³-hybridized carbons (Fsp3) is 0.227. The van der Waals surface area contributed by atoms with Crippen LogP contribution in [0.4, 0.5) is 5.69 Å². The van der Waals surface area contributed by atoms with E-state index in [0.29, 0.717) is 52.3 Å². The Morgan fingerprint density at radius 1 is 1.12 bits per heavy atom. The van der Waals surface area contributed by atoms with Gasteiger partial charge in [-0.15, -0.1) is 22.7 Å². The van der Waals surface area contributed by atoms with Crippen molar-refractivity contribution < 1.29 is 14.3 Å². The third-order valence-electron chi connectivity index (χ3n) is 4.85. The molecule has 1 aromatic carbocycles. The van der Waals surface area contributed by atoms with Crippen molar-refractivity contribution in [2.75, 3.05) is 24.3 Å². The number of hydrogen-bond acceptors (Lipinski definition) is 8. The summed E-state index contributed by atoms with van der Waals surface area (Å²) in [5.41, 5.74) is 1.24. The molecule has 1 amide bonds. The smallest absolute Gasteiger partial charge is 0.272 e. The van der Waals surface area contributed by atoms with Crippen molar-refractivity contribution in [3.05, 3.63) is 62.4 Å². The maximum absolute atomic E-state index is 13.0. The van der Waals surface area contributed by atoms with Crippen LogP contribution in [0.25, 0.3) is 10.2 Å². The van der Waals surface area contributed by atoms with E-state index in [1.807, 2.05) is 22.9 Å². The van der Waals surface area contributed by atoms with Gasteiger partial charge in [-0.1, -0.05) is 17.8 Å². The van der Waals surface area contributed by atoms with Gasteiger partial charge in [0.1, 0.15) is 17.9 Å². The van der Waals surface area contributed by atoms with Gasteiger partial charge < -0.3 is 14.8 Å². The molecule has 0 bridgehead atoms. The fourth-order valence-corrected chi connectivity index (χ4v) is 5.66. The summed E-state index contributed by atoms with van der Waals surface area (Å²) >= 11 is 4.32. The normalized spacial score (nSPS) is 12.8.